The third-order valence-corrected chi connectivity index (χ3v) is 5.32. The second-order valence-corrected chi connectivity index (χ2v) is 7.97. The predicted molar refractivity (Wildman–Crippen MR) is 115 cm³/mol. The summed E-state index contributed by atoms with van der Waals surface area (Å²) >= 11 is 3.48. The molecule has 0 amide bonds. The largest absolute Gasteiger partial charge is 0.461 e. The van der Waals surface area contributed by atoms with Crippen molar-refractivity contribution in [3.8, 4) is 0 Å². The Morgan fingerprint density at radius 2 is 1.15 bits per heavy atom. The molecule has 2 nitrogen and oxygen atoms in total. The fourth-order valence-electron chi connectivity index (χ4n) is 3.12. The van der Waals surface area contributed by atoms with Gasteiger partial charge in [0.05, 0.1) is 0 Å². The van der Waals surface area contributed by atoms with Crippen LogP contribution in [-0.4, -0.2) is 11.3 Å². The van der Waals surface area contributed by atoms with Gasteiger partial charge in [-0.15, -0.1) is 0 Å². The van der Waals surface area contributed by atoms with Crippen LogP contribution in [0.15, 0.2) is 30.3 Å². The zero-order valence-electron chi connectivity index (χ0n) is 16.4. The molecular formula is C23H37BrO2. The summed E-state index contributed by atoms with van der Waals surface area (Å²) in [5.41, 5.74) is 1.06. The quantitative estimate of drug-likeness (QED) is 0.146. The number of rotatable bonds is 17. The van der Waals surface area contributed by atoms with E-state index in [0.717, 1.165) is 23.7 Å². The third kappa shape index (κ3) is 14.4. The molecule has 0 atom stereocenters. The number of unbranched alkanes of at least 4 members (excludes halogenated alkanes) is 12. The van der Waals surface area contributed by atoms with Crippen LogP contribution in [0.25, 0.3) is 0 Å². The van der Waals surface area contributed by atoms with E-state index in [1.165, 1.54) is 70.6 Å². The highest BCUT2D eigenvalue weighted by Crippen LogP contribution is 2.13. The number of carbonyl (C=O) groups is 1. The minimum absolute atomic E-state index is 0.0648. The maximum Gasteiger partial charge on any atom is 0.306 e. The molecule has 0 radical (unpaired) electrons. The fraction of sp³-hybridized carbons (Fsp3) is 0.696. The first-order valence-corrected chi connectivity index (χ1v) is 11.7. The number of hydrogen-bond donors (Lipinski definition) is 0. The minimum atomic E-state index is -0.0648. The van der Waals surface area contributed by atoms with Crippen molar-refractivity contribution in [3.05, 3.63) is 35.9 Å². The Balaban J connectivity index is 1.78. The molecule has 3 heteroatoms. The van der Waals surface area contributed by atoms with Gasteiger partial charge in [-0.1, -0.05) is 117 Å². The monoisotopic (exact) mass is 424 g/mol. The molecule has 0 saturated carbocycles. The lowest BCUT2D eigenvalue weighted by Gasteiger charge is -2.05. The van der Waals surface area contributed by atoms with Crippen LogP contribution in [0.5, 0.6) is 0 Å². The van der Waals surface area contributed by atoms with E-state index in [4.69, 9.17) is 4.74 Å². The van der Waals surface area contributed by atoms with Crippen molar-refractivity contribution in [1.29, 1.82) is 0 Å². The van der Waals surface area contributed by atoms with E-state index >= 15 is 0 Å². The Hall–Kier alpha value is -0.830. The van der Waals surface area contributed by atoms with Crippen molar-refractivity contribution < 1.29 is 9.53 Å². The molecule has 0 aliphatic heterocycles. The lowest BCUT2D eigenvalue weighted by atomic mass is 10.0. The van der Waals surface area contributed by atoms with Crippen LogP contribution in [0.2, 0.25) is 0 Å². The Bertz CT molecular complexity index is 433. The summed E-state index contributed by atoms with van der Waals surface area (Å²) in [6, 6.07) is 9.87. The van der Waals surface area contributed by atoms with E-state index in [0.29, 0.717) is 13.0 Å². The average Bonchev–Trinajstić information content (AvgIpc) is 2.67. The van der Waals surface area contributed by atoms with Crippen molar-refractivity contribution in [1.82, 2.24) is 0 Å². The zero-order chi connectivity index (χ0) is 18.7. The molecule has 26 heavy (non-hydrogen) atoms. The maximum absolute atomic E-state index is 11.7. The van der Waals surface area contributed by atoms with E-state index in [9.17, 15) is 4.79 Å². The van der Waals surface area contributed by atoms with Gasteiger partial charge in [-0.3, -0.25) is 4.79 Å². The number of esters is 1. The van der Waals surface area contributed by atoms with Gasteiger partial charge in [0, 0.05) is 11.8 Å². The standard InChI is InChI=1S/C23H37BrO2/c24-20-16-11-9-7-5-3-1-2-4-6-8-10-15-19-23(25)26-21-22-17-13-12-14-18-22/h12-14,17-18H,1-11,15-16,19-21H2. The summed E-state index contributed by atoms with van der Waals surface area (Å²) in [7, 11) is 0. The number of carbonyl (C=O) groups excluding carboxylic acids is 1. The van der Waals surface area contributed by atoms with Gasteiger partial charge < -0.3 is 4.74 Å². The van der Waals surface area contributed by atoms with Crippen molar-refractivity contribution in [2.24, 2.45) is 0 Å². The van der Waals surface area contributed by atoms with Crippen LogP contribution in [0, 0.1) is 0 Å². The summed E-state index contributed by atoms with van der Waals surface area (Å²) in [5.74, 6) is -0.0648. The van der Waals surface area contributed by atoms with Crippen LogP contribution in [-0.2, 0) is 16.1 Å². The Morgan fingerprint density at radius 3 is 1.65 bits per heavy atom. The van der Waals surface area contributed by atoms with Gasteiger partial charge in [0.1, 0.15) is 6.61 Å². The summed E-state index contributed by atoms with van der Waals surface area (Å²) in [5, 5.41) is 1.15. The third-order valence-electron chi connectivity index (χ3n) is 4.76. The molecule has 0 saturated heterocycles. The molecule has 0 unspecified atom stereocenters. The average molecular weight is 425 g/mol. The zero-order valence-corrected chi connectivity index (χ0v) is 18.0. The number of hydrogen-bond acceptors (Lipinski definition) is 2. The summed E-state index contributed by atoms with van der Waals surface area (Å²) in [6.45, 7) is 0.399. The summed E-state index contributed by atoms with van der Waals surface area (Å²) in [4.78, 5) is 11.7. The highest BCUT2D eigenvalue weighted by atomic mass is 79.9. The smallest absolute Gasteiger partial charge is 0.306 e. The van der Waals surface area contributed by atoms with Gasteiger partial charge in [0.25, 0.3) is 0 Å². The Labute approximate surface area is 169 Å². The van der Waals surface area contributed by atoms with Crippen LogP contribution in [0.4, 0.5) is 0 Å². The molecule has 1 aromatic rings. The first-order valence-electron chi connectivity index (χ1n) is 10.6. The molecule has 0 aliphatic rings. The maximum atomic E-state index is 11.7. The van der Waals surface area contributed by atoms with Gasteiger partial charge >= 0.3 is 5.97 Å². The molecule has 0 aromatic heterocycles. The van der Waals surface area contributed by atoms with Gasteiger partial charge in [-0.05, 0) is 18.4 Å². The normalized spacial score (nSPS) is 10.8. The van der Waals surface area contributed by atoms with Gasteiger partial charge in [-0.2, -0.15) is 0 Å². The summed E-state index contributed by atoms with van der Waals surface area (Å²) < 4.78 is 5.30. The lowest BCUT2D eigenvalue weighted by molar-refractivity contribution is -0.145. The molecular weight excluding hydrogens is 388 g/mol. The molecule has 0 spiro atoms. The number of halogens is 1. The van der Waals surface area contributed by atoms with Crippen LogP contribution >= 0.6 is 15.9 Å². The predicted octanol–water partition coefficient (Wildman–Crippen LogP) is 7.59. The second kappa shape index (κ2) is 17.6. The van der Waals surface area contributed by atoms with Crippen LogP contribution in [0.1, 0.15) is 95.5 Å². The first-order chi connectivity index (χ1) is 12.8. The molecule has 0 N–H and O–H groups in total. The minimum Gasteiger partial charge on any atom is -0.461 e. The Kier molecular flexibility index (Phi) is 15.7. The van der Waals surface area contributed by atoms with E-state index in [1.54, 1.807) is 0 Å². The molecule has 0 aliphatic carbocycles. The van der Waals surface area contributed by atoms with E-state index in [-0.39, 0.29) is 5.97 Å². The lowest BCUT2D eigenvalue weighted by Crippen LogP contribution is -2.04. The molecule has 0 heterocycles. The molecule has 1 aromatic carbocycles. The first kappa shape index (κ1) is 23.2. The topological polar surface area (TPSA) is 26.3 Å². The van der Waals surface area contributed by atoms with Crippen molar-refractivity contribution in [3.63, 3.8) is 0 Å². The molecule has 1 rings (SSSR count). The van der Waals surface area contributed by atoms with Crippen molar-refractivity contribution >= 4 is 21.9 Å². The molecule has 148 valence electrons. The molecule has 0 fully saturated rings. The molecule has 0 bridgehead atoms. The highest BCUT2D eigenvalue weighted by Gasteiger charge is 2.03. The van der Waals surface area contributed by atoms with E-state index in [1.807, 2.05) is 30.3 Å². The second-order valence-electron chi connectivity index (χ2n) is 7.18. The van der Waals surface area contributed by atoms with Gasteiger partial charge in [0.2, 0.25) is 0 Å². The summed E-state index contributed by atoms with van der Waals surface area (Å²) in [6.07, 6.45) is 17.7. The van der Waals surface area contributed by atoms with Crippen LogP contribution in [0.3, 0.4) is 0 Å². The van der Waals surface area contributed by atoms with E-state index in [2.05, 4.69) is 15.9 Å². The number of alkyl halides is 1. The number of ether oxygens (including phenoxy) is 1. The fourth-order valence-corrected chi connectivity index (χ4v) is 3.52. The van der Waals surface area contributed by atoms with Gasteiger partial charge in [0.15, 0.2) is 0 Å². The van der Waals surface area contributed by atoms with Gasteiger partial charge in [-0.25, -0.2) is 0 Å². The highest BCUT2D eigenvalue weighted by molar-refractivity contribution is 9.09. The van der Waals surface area contributed by atoms with Crippen molar-refractivity contribution in [2.45, 2.75) is 96.5 Å². The van der Waals surface area contributed by atoms with E-state index < -0.39 is 0 Å². The van der Waals surface area contributed by atoms with Crippen LogP contribution < -0.4 is 0 Å². The van der Waals surface area contributed by atoms with Crippen molar-refractivity contribution in [2.75, 3.05) is 5.33 Å². The Morgan fingerprint density at radius 1 is 0.692 bits per heavy atom. The SMILES string of the molecule is O=C(CCCCCCCCCCCCCCCBr)OCc1ccccc1. The number of benzene rings is 1.